The fourth-order valence-electron chi connectivity index (χ4n) is 3.56. The predicted molar refractivity (Wildman–Crippen MR) is 91.8 cm³/mol. The number of carbonyl (C=O) groups is 1. The second-order valence-corrected chi connectivity index (χ2v) is 6.56. The molecule has 1 aliphatic heterocycles. The number of hydrogen-bond acceptors (Lipinski definition) is 2. The molecular formula is C20H22FNO2. The highest BCUT2D eigenvalue weighted by Crippen LogP contribution is 2.31. The van der Waals surface area contributed by atoms with Crippen molar-refractivity contribution < 1.29 is 14.3 Å². The quantitative estimate of drug-likeness (QED) is 0.914. The molecule has 126 valence electrons. The molecule has 1 fully saturated rings. The summed E-state index contributed by atoms with van der Waals surface area (Å²) in [5.41, 5.74) is 3.65. The van der Waals surface area contributed by atoms with Crippen LogP contribution in [0.25, 0.3) is 0 Å². The second kappa shape index (κ2) is 7.14. The highest BCUT2D eigenvalue weighted by molar-refractivity contribution is 5.87. The van der Waals surface area contributed by atoms with Crippen LogP contribution in [0.5, 0.6) is 0 Å². The topological polar surface area (TPSA) is 40.5 Å². The van der Waals surface area contributed by atoms with Crippen molar-refractivity contribution in [3.8, 4) is 0 Å². The summed E-state index contributed by atoms with van der Waals surface area (Å²) < 4.78 is 13.3. The molecule has 0 radical (unpaired) electrons. The smallest absolute Gasteiger partial charge is 0.335 e. The number of carboxylic acid groups (broad SMARTS) is 1. The SMILES string of the molecule is Cc1cc(F)ccc1C1CCN(Cc2cccc(C(=O)O)c2)CC1. The summed E-state index contributed by atoms with van der Waals surface area (Å²) in [7, 11) is 0. The molecule has 0 unspecified atom stereocenters. The van der Waals surface area contributed by atoms with Crippen molar-refractivity contribution >= 4 is 5.97 Å². The van der Waals surface area contributed by atoms with Gasteiger partial charge >= 0.3 is 5.97 Å². The first kappa shape index (κ1) is 16.7. The highest BCUT2D eigenvalue weighted by Gasteiger charge is 2.22. The molecule has 1 N–H and O–H groups in total. The zero-order valence-corrected chi connectivity index (χ0v) is 13.8. The summed E-state index contributed by atoms with van der Waals surface area (Å²) >= 11 is 0. The Morgan fingerprint density at radius 3 is 2.62 bits per heavy atom. The van der Waals surface area contributed by atoms with Gasteiger partial charge in [0.25, 0.3) is 0 Å². The first-order valence-corrected chi connectivity index (χ1v) is 8.33. The van der Waals surface area contributed by atoms with E-state index in [0.717, 1.165) is 43.6 Å². The number of benzene rings is 2. The van der Waals surface area contributed by atoms with Crippen LogP contribution < -0.4 is 0 Å². The van der Waals surface area contributed by atoms with E-state index in [0.29, 0.717) is 11.5 Å². The molecule has 1 saturated heterocycles. The van der Waals surface area contributed by atoms with E-state index in [2.05, 4.69) is 4.90 Å². The lowest BCUT2D eigenvalue weighted by Gasteiger charge is -2.33. The third-order valence-electron chi connectivity index (χ3n) is 4.84. The molecular weight excluding hydrogens is 305 g/mol. The number of halogens is 1. The van der Waals surface area contributed by atoms with E-state index in [1.807, 2.05) is 19.1 Å². The van der Waals surface area contributed by atoms with Crippen molar-refractivity contribution in [2.75, 3.05) is 13.1 Å². The number of carboxylic acids is 1. The summed E-state index contributed by atoms with van der Waals surface area (Å²) in [5, 5.41) is 9.08. The van der Waals surface area contributed by atoms with Gasteiger partial charge in [0.2, 0.25) is 0 Å². The first-order valence-electron chi connectivity index (χ1n) is 8.33. The average Bonchev–Trinajstić information content (AvgIpc) is 2.56. The zero-order chi connectivity index (χ0) is 17.1. The third kappa shape index (κ3) is 3.82. The maximum absolute atomic E-state index is 13.3. The minimum Gasteiger partial charge on any atom is -0.478 e. The molecule has 4 heteroatoms. The second-order valence-electron chi connectivity index (χ2n) is 6.56. The Morgan fingerprint density at radius 2 is 1.96 bits per heavy atom. The van der Waals surface area contributed by atoms with Gasteiger partial charge in [0.1, 0.15) is 5.82 Å². The molecule has 24 heavy (non-hydrogen) atoms. The lowest BCUT2D eigenvalue weighted by Crippen LogP contribution is -2.32. The van der Waals surface area contributed by atoms with Gasteiger partial charge in [-0.2, -0.15) is 0 Å². The van der Waals surface area contributed by atoms with Gasteiger partial charge in [-0.05, 0) is 79.7 Å². The van der Waals surface area contributed by atoms with Crippen LogP contribution in [-0.4, -0.2) is 29.1 Å². The number of likely N-dealkylation sites (tertiary alicyclic amines) is 1. The van der Waals surface area contributed by atoms with E-state index >= 15 is 0 Å². The molecule has 0 amide bonds. The van der Waals surface area contributed by atoms with Crippen molar-refractivity contribution in [2.24, 2.45) is 0 Å². The molecule has 0 aliphatic carbocycles. The summed E-state index contributed by atoms with van der Waals surface area (Å²) in [6.07, 6.45) is 2.09. The number of piperidine rings is 1. The Bertz CT molecular complexity index is 736. The van der Waals surface area contributed by atoms with E-state index in [9.17, 15) is 9.18 Å². The van der Waals surface area contributed by atoms with Gasteiger partial charge in [0.15, 0.2) is 0 Å². The fourth-order valence-corrected chi connectivity index (χ4v) is 3.56. The largest absolute Gasteiger partial charge is 0.478 e. The van der Waals surface area contributed by atoms with Gasteiger partial charge in [-0.1, -0.05) is 18.2 Å². The van der Waals surface area contributed by atoms with Gasteiger partial charge in [0, 0.05) is 6.54 Å². The maximum Gasteiger partial charge on any atom is 0.335 e. The van der Waals surface area contributed by atoms with Crippen LogP contribution in [-0.2, 0) is 6.54 Å². The normalized spacial score (nSPS) is 16.2. The van der Waals surface area contributed by atoms with Crippen molar-refractivity contribution in [1.29, 1.82) is 0 Å². The van der Waals surface area contributed by atoms with Gasteiger partial charge < -0.3 is 5.11 Å². The molecule has 3 nitrogen and oxygen atoms in total. The molecule has 2 aromatic carbocycles. The molecule has 0 bridgehead atoms. The highest BCUT2D eigenvalue weighted by atomic mass is 19.1. The molecule has 3 rings (SSSR count). The van der Waals surface area contributed by atoms with E-state index in [-0.39, 0.29) is 5.82 Å². The Morgan fingerprint density at radius 1 is 1.21 bits per heavy atom. The number of aryl methyl sites for hydroxylation is 1. The molecule has 0 saturated carbocycles. The Kier molecular flexibility index (Phi) is 4.95. The van der Waals surface area contributed by atoms with Gasteiger partial charge in [0.05, 0.1) is 5.56 Å². The van der Waals surface area contributed by atoms with Gasteiger partial charge in [-0.3, -0.25) is 4.90 Å². The molecule has 0 aromatic heterocycles. The van der Waals surface area contributed by atoms with Crippen LogP contribution in [0.3, 0.4) is 0 Å². The van der Waals surface area contributed by atoms with E-state index in [4.69, 9.17) is 5.11 Å². The summed E-state index contributed by atoms with van der Waals surface area (Å²) in [6.45, 7) is 4.69. The number of rotatable bonds is 4. The average molecular weight is 327 g/mol. The van der Waals surface area contributed by atoms with Crippen LogP contribution in [0, 0.1) is 12.7 Å². The third-order valence-corrected chi connectivity index (χ3v) is 4.84. The van der Waals surface area contributed by atoms with Crippen LogP contribution in [0.1, 0.15) is 45.8 Å². The number of hydrogen-bond donors (Lipinski definition) is 1. The van der Waals surface area contributed by atoms with Crippen LogP contribution >= 0.6 is 0 Å². The van der Waals surface area contributed by atoms with Crippen LogP contribution in [0.4, 0.5) is 4.39 Å². The molecule has 1 aliphatic rings. The monoisotopic (exact) mass is 327 g/mol. The Labute approximate surface area is 141 Å². The van der Waals surface area contributed by atoms with Crippen molar-refractivity contribution in [2.45, 2.75) is 32.2 Å². The Hall–Kier alpha value is -2.20. The lowest BCUT2D eigenvalue weighted by atomic mass is 9.86. The predicted octanol–water partition coefficient (Wildman–Crippen LogP) is 4.21. The van der Waals surface area contributed by atoms with Crippen molar-refractivity contribution in [1.82, 2.24) is 4.90 Å². The van der Waals surface area contributed by atoms with Crippen LogP contribution in [0.2, 0.25) is 0 Å². The number of aromatic carboxylic acids is 1. The molecule has 2 aromatic rings. The minimum atomic E-state index is -0.887. The minimum absolute atomic E-state index is 0.174. The van der Waals surface area contributed by atoms with E-state index < -0.39 is 5.97 Å². The molecule has 1 heterocycles. The van der Waals surface area contributed by atoms with E-state index in [1.165, 1.54) is 5.56 Å². The zero-order valence-electron chi connectivity index (χ0n) is 13.8. The molecule has 0 atom stereocenters. The summed E-state index contributed by atoms with van der Waals surface area (Å²) in [5.74, 6) is -0.582. The Balaban J connectivity index is 1.61. The fraction of sp³-hybridized carbons (Fsp3) is 0.350. The summed E-state index contributed by atoms with van der Waals surface area (Å²) in [4.78, 5) is 13.4. The number of nitrogens with zero attached hydrogens (tertiary/aromatic N) is 1. The standard InChI is InChI=1S/C20H22FNO2/c1-14-11-18(21)5-6-19(14)16-7-9-22(10-8-16)13-15-3-2-4-17(12-15)20(23)24/h2-6,11-12,16H,7-10,13H2,1H3,(H,23,24). The molecule has 0 spiro atoms. The maximum atomic E-state index is 13.3. The van der Waals surface area contributed by atoms with Gasteiger partial charge in [-0.25, -0.2) is 9.18 Å². The van der Waals surface area contributed by atoms with E-state index in [1.54, 1.807) is 30.3 Å². The lowest BCUT2D eigenvalue weighted by molar-refractivity contribution is 0.0696. The summed E-state index contributed by atoms with van der Waals surface area (Å²) in [6, 6.07) is 12.2. The van der Waals surface area contributed by atoms with Gasteiger partial charge in [-0.15, -0.1) is 0 Å². The van der Waals surface area contributed by atoms with Crippen molar-refractivity contribution in [3.63, 3.8) is 0 Å². The van der Waals surface area contributed by atoms with Crippen molar-refractivity contribution in [3.05, 3.63) is 70.5 Å². The first-order chi connectivity index (χ1) is 11.5. The van der Waals surface area contributed by atoms with Crippen LogP contribution in [0.15, 0.2) is 42.5 Å².